The summed E-state index contributed by atoms with van der Waals surface area (Å²) in [5, 5.41) is 2.74. The molecule has 5 nitrogen and oxygen atoms in total. The molecular weight excluding hydrogens is 274 g/mol. The highest BCUT2D eigenvalue weighted by molar-refractivity contribution is 8.00. The van der Waals surface area contributed by atoms with Crippen LogP contribution in [0.1, 0.15) is 13.3 Å². The molecule has 0 aliphatic heterocycles. The second kappa shape index (κ2) is 8.47. The molecule has 2 amide bonds. The largest absolute Gasteiger partial charge is 0.399 e. The molecule has 20 heavy (non-hydrogen) atoms. The Hall–Kier alpha value is -1.69. The Morgan fingerprint density at radius 3 is 2.80 bits per heavy atom. The highest BCUT2D eigenvalue weighted by Crippen LogP contribution is 2.20. The number of nitrogen functional groups attached to an aromatic ring is 1. The number of benzene rings is 1. The molecule has 0 aliphatic rings. The van der Waals surface area contributed by atoms with Crippen LogP contribution in [-0.2, 0) is 9.59 Å². The van der Waals surface area contributed by atoms with Gasteiger partial charge in [-0.25, -0.2) is 0 Å². The first-order valence-corrected chi connectivity index (χ1v) is 7.50. The van der Waals surface area contributed by atoms with E-state index in [0.29, 0.717) is 18.0 Å². The van der Waals surface area contributed by atoms with Gasteiger partial charge in [0.1, 0.15) is 0 Å². The van der Waals surface area contributed by atoms with Gasteiger partial charge in [-0.2, -0.15) is 0 Å². The second-order valence-electron chi connectivity index (χ2n) is 4.46. The Bertz CT molecular complexity index is 465. The Kier molecular flexibility index (Phi) is 6.93. The van der Waals surface area contributed by atoms with E-state index in [9.17, 15) is 9.59 Å². The zero-order valence-electron chi connectivity index (χ0n) is 11.9. The summed E-state index contributed by atoms with van der Waals surface area (Å²) in [6, 6.07) is 7.38. The lowest BCUT2D eigenvalue weighted by Crippen LogP contribution is -2.39. The Morgan fingerprint density at radius 1 is 1.40 bits per heavy atom. The quantitative estimate of drug-likeness (QED) is 0.588. The molecule has 0 spiro atoms. The summed E-state index contributed by atoms with van der Waals surface area (Å²) in [6.45, 7) is 2.71. The van der Waals surface area contributed by atoms with Crippen LogP contribution in [0.3, 0.4) is 0 Å². The van der Waals surface area contributed by atoms with Crippen molar-refractivity contribution in [1.29, 1.82) is 0 Å². The predicted molar refractivity (Wildman–Crippen MR) is 82.5 cm³/mol. The highest BCUT2D eigenvalue weighted by atomic mass is 32.2. The van der Waals surface area contributed by atoms with Gasteiger partial charge in [-0.15, -0.1) is 11.8 Å². The molecular formula is C14H21N3O2S. The van der Waals surface area contributed by atoms with Crippen LogP contribution in [0.2, 0.25) is 0 Å². The van der Waals surface area contributed by atoms with E-state index in [-0.39, 0.29) is 18.4 Å². The molecule has 0 aromatic heterocycles. The third kappa shape index (κ3) is 5.97. The summed E-state index contributed by atoms with van der Waals surface area (Å²) >= 11 is 1.41. The van der Waals surface area contributed by atoms with E-state index in [4.69, 9.17) is 5.73 Å². The van der Waals surface area contributed by atoms with Crippen LogP contribution in [0.5, 0.6) is 0 Å². The number of nitrogens with one attached hydrogen (secondary N) is 1. The number of anilines is 1. The van der Waals surface area contributed by atoms with Crippen molar-refractivity contribution < 1.29 is 9.59 Å². The summed E-state index contributed by atoms with van der Waals surface area (Å²) in [7, 11) is 1.63. The minimum Gasteiger partial charge on any atom is -0.399 e. The Balaban J connectivity index is 2.36. The summed E-state index contributed by atoms with van der Waals surface area (Å²) in [4.78, 5) is 25.8. The molecule has 0 atom stereocenters. The number of thioether (sulfide) groups is 1. The van der Waals surface area contributed by atoms with Crippen molar-refractivity contribution in [1.82, 2.24) is 10.2 Å². The zero-order chi connectivity index (χ0) is 15.0. The average molecular weight is 295 g/mol. The molecule has 0 bridgehead atoms. The van der Waals surface area contributed by atoms with Crippen LogP contribution in [0.15, 0.2) is 29.2 Å². The predicted octanol–water partition coefficient (Wildman–Crippen LogP) is 1.35. The molecule has 0 heterocycles. The fraction of sp³-hybridized carbons (Fsp3) is 0.429. The monoisotopic (exact) mass is 295 g/mol. The maximum atomic E-state index is 11.9. The molecule has 0 saturated carbocycles. The second-order valence-corrected chi connectivity index (χ2v) is 5.51. The number of likely N-dealkylation sites (N-methyl/N-ethyl adjacent to an activating group) is 1. The van der Waals surface area contributed by atoms with Crippen molar-refractivity contribution in [3.8, 4) is 0 Å². The molecule has 0 aliphatic carbocycles. The molecule has 1 aromatic rings. The third-order valence-electron chi connectivity index (χ3n) is 2.60. The van der Waals surface area contributed by atoms with Crippen LogP contribution >= 0.6 is 11.8 Å². The standard InChI is InChI=1S/C14H21N3O2S/c1-3-7-16-13(18)9-17(2)14(19)10-20-12-6-4-5-11(15)8-12/h4-6,8H,3,7,9-10,15H2,1-2H3,(H,16,18). The molecule has 1 aromatic carbocycles. The van der Waals surface area contributed by atoms with Crippen LogP contribution < -0.4 is 11.1 Å². The van der Waals surface area contributed by atoms with Gasteiger partial charge in [0.2, 0.25) is 11.8 Å². The van der Waals surface area contributed by atoms with E-state index in [1.165, 1.54) is 16.7 Å². The lowest BCUT2D eigenvalue weighted by molar-refractivity contribution is -0.132. The number of hydrogen-bond donors (Lipinski definition) is 2. The lowest BCUT2D eigenvalue weighted by atomic mass is 10.3. The van der Waals surface area contributed by atoms with Crippen LogP contribution in [0, 0.1) is 0 Å². The highest BCUT2D eigenvalue weighted by Gasteiger charge is 2.12. The SMILES string of the molecule is CCCNC(=O)CN(C)C(=O)CSc1cccc(N)c1. The van der Waals surface area contributed by atoms with E-state index in [2.05, 4.69) is 5.32 Å². The first kappa shape index (κ1) is 16.4. The Morgan fingerprint density at radius 2 is 2.15 bits per heavy atom. The van der Waals surface area contributed by atoms with E-state index in [0.717, 1.165) is 11.3 Å². The normalized spacial score (nSPS) is 10.1. The first-order chi connectivity index (χ1) is 9.52. The fourth-order valence-corrected chi connectivity index (χ4v) is 2.39. The third-order valence-corrected chi connectivity index (χ3v) is 3.58. The maximum absolute atomic E-state index is 11.9. The minimum atomic E-state index is -0.128. The molecule has 3 N–H and O–H groups in total. The molecule has 0 saturated heterocycles. The van der Waals surface area contributed by atoms with E-state index >= 15 is 0 Å². The smallest absolute Gasteiger partial charge is 0.239 e. The topological polar surface area (TPSA) is 75.4 Å². The van der Waals surface area contributed by atoms with Gasteiger partial charge in [-0.1, -0.05) is 13.0 Å². The fourth-order valence-electron chi connectivity index (χ4n) is 1.48. The van der Waals surface area contributed by atoms with Gasteiger partial charge in [-0.05, 0) is 24.6 Å². The van der Waals surface area contributed by atoms with Crippen molar-refractivity contribution >= 4 is 29.3 Å². The van der Waals surface area contributed by atoms with Crippen molar-refractivity contribution in [2.24, 2.45) is 0 Å². The van der Waals surface area contributed by atoms with Gasteiger partial charge in [0.25, 0.3) is 0 Å². The Labute approximate surface area is 123 Å². The summed E-state index contributed by atoms with van der Waals surface area (Å²) in [6.07, 6.45) is 0.884. The lowest BCUT2D eigenvalue weighted by Gasteiger charge is -2.16. The van der Waals surface area contributed by atoms with E-state index in [1.807, 2.05) is 25.1 Å². The number of nitrogens with zero attached hydrogens (tertiary/aromatic N) is 1. The first-order valence-electron chi connectivity index (χ1n) is 6.52. The molecule has 0 radical (unpaired) electrons. The van der Waals surface area contributed by atoms with Crippen molar-refractivity contribution in [2.75, 3.05) is 31.6 Å². The van der Waals surface area contributed by atoms with Gasteiger partial charge in [-0.3, -0.25) is 9.59 Å². The van der Waals surface area contributed by atoms with Gasteiger partial charge in [0.15, 0.2) is 0 Å². The van der Waals surface area contributed by atoms with Crippen molar-refractivity contribution in [2.45, 2.75) is 18.2 Å². The number of amides is 2. The molecule has 1 rings (SSSR count). The van der Waals surface area contributed by atoms with Gasteiger partial charge in [0.05, 0.1) is 12.3 Å². The number of hydrogen-bond acceptors (Lipinski definition) is 4. The summed E-state index contributed by atoms with van der Waals surface area (Å²) in [5.74, 6) is 0.0850. The molecule has 110 valence electrons. The number of carbonyl (C=O) groups is 2. The van der Waals surface area contributed by atoms with E-state index < -0.39 is 0 Å². The van der Waals surface area contributed by atoms with Crippen molar-refractivity contribution in [3.05, 3.63) is 24.3 Å². The molecule has 6 heteroatoms. The van der Waals surface area contributed by atoms with E-state index in [1.54, 1.807) is 13.1 Å². The summed E-state index contributed by atoms with van der Waals surface area (Å²) < 4.78 is 0. The van der Waals surface area contributed by atoms with Crippen LogP contribution in [0.25, 0.3) is 0 Å². The number of rotatable bonds is 7. The van der Waals surface area contributed by atoms with Crippen molar-refractivity contribution in [3.63, 3.8) is 0 Å². The number of carbonyl (C=O) groups excluding carboxylic acids is 2. The van der Waals surface area contributed by atoms with Gasteiger partial charge in [0, 0.05) is 24.2 Å². The maximum Gasteiger partial charge on any atom is 0.239 e. The van der Waals surface area contributed by atoms with Crippen LogP contribution in [-0.4, -0.2) is 42.6 Å². The minimum absolute atomic E-state index is 0.0796. The summed E-state index contributed by atoms with van der Waals surface area (Å²) in [5.41, 5.74) is 6.35. The number of nitrogens with two attached hydrogens (primary N) is 1. The van der Waals surface area contributed by atoms with Gasteiger partial charge >= 0.3 is 0 Å². The molecule has 0 unspecified atom stereocenters. The van der Waals surface area contributed by atoms with Crippen LogP contribution in [0.4, 0.5) is 5.69 Å². The average Bonchev–Trinajstić information content (AvgIpc) is 2.42. The molecule has 0 fully saturated rings. The zero-order valence-corrected chi connectivity index (χ0v) is 12.7. The van der Waals surface area contributed by atoms with Gasteiger partial charge < -0.3 is 16.0 Å².